The lowest BCUT2D eigenvalue weighted by Gasteiger charge is -2.14. The van der Waals surface area contributed by atoms with Crippen LogP contribution in [0.2, 0.25) is 0 Å². The SMILES string of the molecule is COC(=O)[C@H](N)c1cc(C)c(OC)c(C)c1. The van der Waals surface area contributed by atoms with Gasteiger partial charge in [0.2, 0.25) is 0 Å². The first-order valence-electron chi connectivity index (χ1n) is 4.99. The maximum absolute atomic E-state index is 11.3. The van der Waals surface area contributed by atoms with Gasteiger partial charge in [-0.2, -0.15) is 0 Å². The number of rotatable bonds is 3. The third-order valence-corrected chi connectivity index (χ3v) is 2.50. The Bertz CT molecular complexity index is 378. The number of hydrogen-bond donors (Lipinski definition) is 1. The molecule has 0 spiro atoms. The van der Waals surface area contributed by atoms with Crippen molar-refractivity contribution in [3.8, 4) is 5.75 Å². The molecular formula is C12H17NO3. The summed E-state index contributed by atoms with van der Waals surface area (Å²) >= 11 is 0. The van der Waals surface area contributed by atoms with E-state index in [4.69, 9.17) is 10.5 Å². The van der Waals surface area contributed by atoms with Gasteiger partial charge in [-0.05, 0) is 30.5 Å². The summed E-state index contributed by atoms with van der Waals surface area (Å²) in [6, 6.07) is 2.94. The Morgan fingerprint density at radius 1 is 1.25 bits per heavy atom. The number of benzene rings is 1. The minimum absolute atomic E-state index is 0.441. The van der Waals surface area contributed by atoms with E-state index in [0.717, 1.165) is 22.4 Å². The molecular weight excluding hydrogens is 206 g/mol. The summed E-state index contributed by atoms with van der Waals surface area (Å²) in [4.78, 5) is 11.3. The van der Waals surface area contributed by atoms with Gasteiger partial charge in [-0.1, -0.05) is 12.1 Å². The van der Waals surface area contributed by atoms with Gasteiger partial charge in [-0.15, -0.1) is 0 Å². The number of ether oxygens (including phenoxy) is 2. The van der Waals surface area contributed by atoms with Crippen LogP contribution in [0.5, 0.6) is 5.75 Å². The molecule has 0 saturated heterocycles. The predicted molar refractivity (Wildman–Crippen MR) is 61.4 cm³/mol. The second-order valence-electron chi connectivity index (χ2n) is 3.69. The molecule has 0 aliphatic carbocycles. The monoisotopic (exact) mass is 223 g/mol. The molecule has 0 aliphatic heterocycles. The molecule has 0 fully saturated rings. The molecule has 1 aromatic carbocycles. The molecule has 0 aliphatic rings. The third-order valence-electron chi connectivity index (χ3n) is 2.50. The Morgan fingerprint density at radius 2 is 1.75 bits per heavy atom. The van der Waals surface area contributed by atoms with Gasteiger partial charge in [-0.25, -0.2) is 0 Å². The molecule has 4 heteroatoms. The highest BCUT2D eigenvalue weighted by Gasteiger charge is 2.18. The fraction of sp³-hybridized carbons (Fsp3) is 0.417. The van der Waals surface area contributed by atoms with Gasteiger partial charge in [0, 0.05) is 0 Å². The van der Waals surface area contributed by atoms with Gasteiger partial charge in [0.05, 0.1) is 14.2 Å². The number of carbonyl (C=O) groups excluding carboxylic acids is 1. The van der Waals surface area contributed by atoms with Gasteiger partial charge in [-0.3, -0.25) is 4.79 Å². The maximum atomic E-state index is 11.3. The predicted octanol–water partition coefficient (Wildman–Crippen LogP) is 1.48. The van der Waals surface area contributed by atoms with E-state index >= 15 is 0 Å². The molecule has 0 saturated carbocycles. The number of aryl methyl sites for hydroxylation is 2. The summed E-state index contributed by atoms with van der Waals surface area (Å²) in [6.45, 7) is 3.83. The van der Waals surface area contributed by atoms with Crippen LogP contribution in [-0.2, 0) is 9.53 Å². The molecule has 1 atom stereocenters. The van der Waals surface area contributed by atoms with Gasteiger partial charge >= 0.3 is 5.97 Å². The van der Waals surface area contributed by atoms with E-state index in [1.54, 1.807) is 7.11 Å². The lowest BCUT2D eigenvalue weighted by molar-refractivity contribution is -0.142. The van der Waals surface area contributed by atoms with Crippen molar-refractivity contribution in [3.63, 3.8) is 0 Å². The van der Waals surface area contributed by atoms with E-state index in [1.165, 1.54) is 7.11 Å². The molecule has 0 amide bonds. The van der Waals surface area contributed by atoms with E-state index in [9.17, 15) is 4.79 Å². The van der Waals surface area contributed by atoms with E-state index in [0.29, 0.717) is 0 Å². The summed E-state index contributed by atoms with van der Waals surface area (Å²) in [5.41, 5.74) is 8.41. The molecule has 0 bridgehead atoms. The van der Waals surface area contributed by atoms with Crippen molar-refractivity contribution in [2.45, 2.75) is 19.9 Å². The molecule has 16 heavy (non-hydrogen) atoms. The quantitative estimate of drug-likeness (QED) is 0.788. The highest BCUT2D eigenvalue weighted by molar-refractivity contribution is 5.77. The second kappa shape index (κ2) is 4.99. The van der Waals surface area contributed by atoms with E-state index in [-0.39, 0.29) is 0 Å². The van der Waals surface area contributed by atoms with E-state index in [1.807, 2.05) is 26.0 Å². The fourth-order valence-corrected chi connectivity index (χ4v) is 1.75. The zero-order chi connectivity index (χ0) is 12.3. The van der Waals surface area contributed by atoms with Gasteiger partial charge in [0.25, 0.3) is 0 Å². The summed E-state index contributed by atoms with van der Waals surface area (Å²) in [5, 5.41) is 0. The fourth-order valence-electron chi connectivity index (χ4n) is 1.75. The number of nitrogens with two attached hydrogens (primary N) is 1. The van der Waals surface area contributed by atoms with Gasteiger partial charge in [0.15, 0.2) is 0 Å². The Hall–Kier alpha value is -1.55. The summed E-state index contributed by atoms with van der Waals surface area (Å²) < 4.78 is 9.85. The normalized spacial score (nSPS) is 12.1. The number of carbonyl (C=O) groups is 1. The molecule has 2 N–H and O–H groups in total. The summed E-state index contributed by atoms with van der Waals surface area (Å²) in [7, 11) is 2.95. The van der Waals surface area contributed by atoms with Gasteiger partial charge < -0.3 is 15.2 Å². The number of methoxy groups -OCH3 is 2. The topological polar surface area (TPSA) is 61.5 Å². The van der Waals surface area contributed by atoms with Crippen molar-refractivity contribution in [1.82, 2.24) is 0 Å². The van der Waals surface area contributed by atoms with Crippen LogP contribution < -0.4 is 10.5 Å². The lowest BCUT2D eigenvalue weighted by Crippen LogP contribution is -2.22. The molecule has 1 rings (SSSR count). The van der Waals surface area contributed by atoms with Crippen molar-refractivity contribution >= 4 is 5.97 Å². The number of esters is 1. The van der Waals surface area contributed by atoms with Crippen LogP contribution in [0.1, 0.15) is 22.7 Å². The van der Waals surface area contributed by atoms with Crippen molar-refractivity contribution in [1.29, 1.82) is 0 Å². The molecule has 1 aromatic rings. The van der Waals surface area contributed by atoms with Crippen molar-refractivity contribution in [2.24, 2.45) is 5.73 Å². The van der Waals surface area contributed by atoms with Crippen molar-refractivity contribution < 1.29 is 14.3 Å². The smallest absolute Gasteiger partial charge is 0.327 e. The van der Waals surface area contributed by atoms with Crippen molar-refractivity contribution in [2.75, 3.05) is 14.2 Å². The highest BCUT2D eigenvalue weighted by Crippen LogP contribution is 2.26. The minimum Gasteiger partial charge on any atom is -0.496 e. The van der Waals surface area contributed by atoms with Crippen LogP contribution in [0.25, 0.3) is 0 Å². The third kappa shape index (κ3) is 2.33. The van der Waals surface area contributed by atoms with Crippen LogP contribution >= 0.6 is 0 Å². The largest absolute Gasteiger partial charge is 0.496 e. The second-order valence-corrected chi connectivity index (χ2v) is 3.69. The Balaban J connectivity index is 3.13. The first kappa shape index (κ1) is 12.5. The zero-order valence-electron chi connectivity index (χ0n) is 10.0. The van der Waals surface area contributed by atoms with Crippen LogP contribution in [0.4, 0.5) is 0 Å². The summed E-state index contributed by atoms with van der Waals surface area (Å²) in [6.07, 6.45) is 0. The van der Waals surface area contributed by atoms with Crippen LogP contribution in [0, 0.1) is 13.8 Å². The van der Waals surface area contributed by atoms with Gasteiger partial charge in [0.1, 0.15) is 11.8 Å². The number of hydrogen-bond acceptors (Lipinski definition) is 4. The van der Waals surface area contributed by atoms with Crippen LogP contribution in [0.15, 0.2) is 12.1 Å². The first-order valence-corrected chi connectivity index (χ1v) is 4.99. The van der Waals surface area contributed by atoms with Crippen LogP contribution in [-0.4, -0.2) is 20.2 Å². The molecule has 0 aromatic heterocycles. The average Bonchev–Trinajstić information content (AvgIpc) is 2.26. The van der Waals surface area contributed by atoms with E-state index < -0.39 is 12.0 Å². The highest BCUT2D eigenvalue weighted by atomic mass is 16.5. The molecule has 88 valence electrons. The van der Waals surface area contributed by atoms with Crippen molar-refractivity contribution in [3.05, 3.63) is 28.8 Å². The summed E-state index contributed by atoms with van der Waals surface area (Å²) in [5.74, 6) is 0.379. The van der Waals surface area contributed by atoms with E-state index in [2.05, 4.69) is 4.74 Å². The lowest BCUT2D eigenvalue weighted by atomic mass is 10.0. The Morgan fingerprint density at radius 3 is 2.12 bits per heavy atom. The molecule has 0 unspecified atom stereocenters. The minimum atomic E-state index is -0.742. The zero-order valence-corrected chi connectivity index (χ0v) is 10.0. The molecule has 0 radical (unpaired) electrons. The average molecular weight is 223 g/mol. The standard InChI is InChI=1S/C12H17NO3/c1-7-5-9(10(13)12(14)16-4)6-8(2)11(7)15-3/h5-6,10H,13H2,1-4H3/t10-/m1/s1. The first-order chi connectivity index (χ1) is 7.51. The van der Waals surface area contributed by atoms with Crippen LogP contribution in [0.3, 0.4) is 0 Å². The Labute approximate surface area is 95.3 Å². The Kier molecular flexibility index (Phi) is 3.90. The maximum Gasteiger partial charge on any atom is 0.327 e. The molecule has 0 heterocycles. The molecule has 4 nitrogen and oxygen atoms in total.